The number of anilines is 1. The fourth-order valence-corrected chi connectivity index (χ4v) is 2.32. The monoisotopic (exact) mass is 366 g/mol. The lowest BCUT2D eigenvalue weighted by Crippen LogP contribution is -2.32. The van der Waals surface area contributed by atoms with Crippen molar-refractivity contribution in [3.63, 3.8) is 0 Å². The molecule has 0 radical (unpaired) electrons. The van der Waals surface area contributed by atoms with Gasteiger partial charge in [-0.15, -0.1) is 0 Å². The zero-order valence-corrected chi connectivity index (χ0v) is 16.0. The van der Waals surface area contributed by atoms with E-state index in [1.165, 1.54) is 0 Å². The minimum atomic E-state index is -0.306. The molecule has 2 aromatic carbocycles. The molecule has 1 unspecified atom stereocenters. The first-order chi connectivity index (χ1) is 12.9. The first kappa shape index (κ1) is 20.2. The van der Waals surface area contributed by atoms with Gasteiger partial charge in [-0.05, 0) is 56.2 Å². The van der Waals surface area contributed by atoms with E-state index in [4.69, 9.17) is 4.74 Å². The van der Waals surface area contributed by atoms with Gasteiger partial charge in [-0.2, -0.15) is 0 Å². The smallest absolute Gasteiger partial charge is 0.255 e. The van der Waals surface area contributed by atoms with Crippen molar-refractivity contribution in [3.05, 3.63) is 71.8 Å². The molecule has 0 heterocycles. The lowest BCUT2D eigenvalue weighted by Gasteiger charge is -2.15. The molecule has 0 saturated carbocycles. The summed E-state index contributed by atoms with van der Waals surface area (Å²) in [5.74, 6) is 0.0757. The zero-order chi connectivity index (χ0) is 19.8. The number of amides is 2. The summed E-state index contributed by atoms with van der Waals surface area (Å²) in [5.41, 5.74) is 2.25. The third-order valence-electron chi connectivity index (χ3n) is 3.99. The van der Waals surface area contributed by atoms with Crippen molar-refractivity contribution < 1.29 is 14.3 Å². The molecule has 5 nitrogen and oxygen atoms in total. The van der Waals surface area contributed by atoms with Gasteiger partial charge in [0, 0.05) is 11.6 Å². The van der Waals surface area contributed by atoms with E-state index < -0.39 is 0 Å². The molecule has 142 valence electrons. The minimum absolute atomic E-state index is 0.0587. The quantitative estimate of drug-likeness (QED) is 0.680. The van der Waals surface area contributed by atoms with Crippen LogP contribution in [0, 0.1) is 0 Å². The second kappa shape index (κ2) is 9.57. The molecule has 2 amide bonds. The van der Waals surface area contributed by atoms with Crippen LogP contribution in [0.4, 0.5) is 5.69 Å². The highest BCUT2D eigenvalue weighted by molar-refractivity contribution is 6.09. The van der Waals surface area contributed by atoms with Crippen LogP contribution in [-0.4, -0.2) is 24.5 Å². The molecule has 0 aliphatic rings. The van der Waals surface area contributed by atoms with Gasteiger partial charge in [0.2, 0.25) is 0 Å². The Labute approximate surface area is 160 Å². The number of ether oxygens (including phenoxy) is 1. The van der Waals surface area contributed by atoms with Crippen molar-refractivity contribution >= 4 is 17.5 Å². The number of hydrogen-bond donors (Lipinski definition) is 2. The number of carbonyl (C=O) groups is 2. The molecule has 5 heteroatoms. The van der Waals surface area contributed by atoms with Crippen molar-refractivity contribution in [1.82, 2.24) is 5.32 Å². The van der Waals surface area contributed by atoms with Crippen LogP contribution in [0.2, 0.25) is 0 Å². The highest BCUT2D eigenvalue weighted by atomic mass is 16.5. The van der Waals surface area contributed by atoms with Crippen LogP contribution < -0.4 is 15.4 Å². The third-order valence-corrected chi connectivity index (χ3v) is 3.99. The Bertz CT molecular complexity index is 830. The number of benzene rings is 2. The predicted octanol–water partition coefficient (Wildman–Crippen LogP) is 4.42. The average Bonchev–Trinajstić information content (AvgIpc) is 2.66. The molecule has 0 fully saturated rings. The molecule has 0 aliphatic carbocycles. The van der Waals surface area contributed by atoms with Gasteiger partial charge in [-0.25, -0.2) is 0 Å². The summed E-state index contributed by atoms with van der Waals surface area (Å²) in [5, 5.41) is 5.74. The van der Waals surface area contributed by atoms with Crippen LogP contribution in [0.25, 0.3) is 0 Å². The maximum Gasteiger partial charge on any atom is 0.255 e. The van der Waals surface area contributed by atoms with E-state index in [9.17, 15) is 9.59 Å². The van der Waals surface area contributed by atoms with Crippen molar-refractivity contribution in [2.75, 3.05) is 11.9 Å². The van der Waals surface area contributed by atoms with Gasteiger partial charge in [-0.3, -0.25) is 9.59 Å². The highest BCUT2D eigenvalue weighted by Crippen LogP contribution is 2.19. The second-order valence-corrected chi connectivity index (χ2v) is 6.56. The summed E-state index contributed by atoms with van der Waals surface area (Å²) in [6.45, 7) is 10.0. The fraction of sp³-hybridized carbons (Fsp3) is 0.273. The van der Waals surface area contributed by atoms with E-state index >= 15 is 0 Å². The Morgan fingerprint density at radius 1 is 1.11 bits per heavy atom. The molecular weight excluding hydrogens is 340 g/mol. The molecule has 0 aromatic heterocycles. The topological polar surface area (TPSA) is 67.4 Å². The standard InChI is InChI=1S/C22H26N2O3/c1-5-16(4)23-22(26)19-11-6-7-12-20(19)24-21(25)17-9-8-10-18(13-17)27-14-15(2)3/h6-13,16H,2,5,14H2,1,3-4H3,(H,23,26)(H,24,25). The summed E-state index contributed by atoms with van der Waals surface area (Å²) in [4.78, 5) is 25.1. The summed E-state index contributed by atoms with van der Waals surface area (Å²) < 4.78 is 5.58. The molecule has 27 heavy (non-hydrogen) atoms. The molecule has 0 spiro atoms. The average molecular weight is 366 g/mol. The maximum absolute atomic E-state index is 12.6. The van der Waals surface area contributed by atoms with Gasteiger partial charge in [-0.1, -0.05) is 31.7 Å². The van der Waals surface area contributed by atoms with Gasteiger partial charge in [0.25, 0.3) is 11.8 Å². The van der Waals surface area contributed by atoms with E-state index in [0.717, 1.165) is 12.0 Å². The number of nitrogens with one attached hydrogen (secondary N) is 2. The van der Waals surface area contributed by atoms with Crippen LogP contribution in [0.1, 0.15) is 47.9 Å². The molecule has 2 rings (SSSR count). The van der Waals surface area contributed by atoms with Crippen molar-refractivity contribution in [3.8, 4) is 5.75 Å². The van der Waals surface area contributed by atoms with Crippen LogP contribution in [0.5, 0.6) is 5.75 Å². The maximum atomic E-state index is 12.6. The van der Waals surface area contributed by atoms with Gasteiger partial charge >= 0.3 is 0 Å². The summed E-state index contributed by atoms with van der Waals surface area (Å²) in [7, 11) is 0. The molecule has 0 bridgehead atoms. The predicted molar refractivity (Wildman–Crippen MR) is 108 cm³/mol. The van der Waals surface area contributed by atoms with Crippen LogP contribution in [0.15, 0.2) is 60.7 Å². The van der Waals surface area contributed by atoms with Crippen molar-refractivity contribution in [2.45, 2.75) is 33.2 Å². The first-order valence-corrected chi connectivity index (χ1v) is 8.99. The Morgan fingerprint density at radius 3 is 2.56 bits per heavy atom. The SMILES string of the molecule is C=C(C)COc1cccc(C(=O)Nc2ccccc2C(=O)NC(C)CC)c1. The fourth-order valence-electron chi connectivity index (χ4n) is 2.32. The number of carbonyl (C=O) groups excluding carboxylic acids is 2. The normalized spacial score (nSPS) is 11.4. The van der Waals surface area contributed by atoms with Gasteiger partial charge in [0.1, 0.15) is 12.4 Å². The Hall–Kier alpha value is -3.08. The van der Waals surface area contributed by atoms with Crippen molar-refractivity contribution in [2.24, 2.45) is 0 Å². The zero-order valence-electron chi connectivity index (χ0n) is 16.0. The Balaban J connectivity index is 2.15. The van der Waals surface area contributed by atoms with E-state index in [-0.39, 0.29) is 17.9 Å². The number of rotatable bonds is 8. The van der Waals surface area contributed by atoms with Gasteiger partial charge in [0.15, 0.2) is 0 Å². The molecule has 2 N–H and O–H groups in total. The molecule has 2 aromatic rings. The summed E-state index contributed by atoms with van der Waals surface area (Å²) in [6, 6.07) is 13.9. The molecular formula is C22H26N2O3. The van der Waals surface area contributed by atoms with E-state index in [1.54, 1.807) is 48.5 Å². The summed E-state index contributed by atoms with van der Waals surface area (Å²) >= 11 is 0. The van der Waals surface area contributed by atoms with E-state index in [0.29, 0.717) is 29.2 Å². The molecule has 0 aliphatic heterocycles. The third kappa shape index (κ3) is 5.99. The van der Waals surface area contributed by atoms with Crippen LogP contribution >= 0.6 is 0 Å². The lowest BCUT2D eigenvalue weighted by molar-refractivity contribution is 0.0940. The number of para-hydroxylation sites is 1. The summed E-state index contributed by atoms with van der Waals surface area (Å²) in [6.07, 6.45) is 0.831. The first-order valence-electron chi connectivity index (χ1n) is 8.99. The Morgan fingerprint density at radius 2 is 1.85 bits per heavy atom. The van der Waals surface area contributed by atoms with Crippen molar-refractivity contribution in [1.29, 1.82) is 0 Å². The van der Waals surface area contributed by atoms with E-state index in [1.807, 2.05) is 20.8 Å². The van der Waals surface area contributed by atoms with Gasteiger partial charge in [0.05, 0.1) is 11.3 Å². The molecule has 1 atom stereocenters. The van der Waals surface area contributed by atoms with Crippen LogP contribution in [0.3, 0.4) is 0 Å². The second-order valence-electron chi connectivity index (χ2n) is 6.56. The largest absolute Gasteiger partial charge is 0.489 e. The molecule has 0 saturated heterocycles. The van der Waals surface area contributed by atoms with Gasteiger partial charge < -0.3 is 15.4 Å². The minimum Gasteiger partial charge on any atom is -0.489 e. The lowest BCUT2D eigenvalue weighted by atomic mass is 10.1. The highest BCUT2D eigenvalue weighted by Gasteiger charge is 2.15. The van der Waals surface area contributed by atoms with E-state index in [2.05, 4.69) is 17.2 Å². The Kier molecular flexibility index (Phi) is 7.17. The van der Waals surface area contributed by atoms with Crippen LogP contribution in [-0.2, 0) is 0 Å². The number of hydrogen-bond acceptors (Lipinski definition) is 3.